The summed E-state index contributed by atoms with van der Waals surface area (Å²) in [5, 5.41) is 0. The summed E-state index contributed by atoms with van der Waals surface area (Å²) in [4.78, 5) is 2.10. The number of rotatable bonds is 4. The number of methoxy groups -OCH3 is 1. The minimum atomic E-state index is 0.326. The number of benzene rings is 1. The van der Waals surface area contributed by atoms with E-state index in [0.717, 1.165) is 18.0 Å². The third-order valence-electron chi connectivity index (χ3n) is 2.62. The predicted molar refractivity (Wildman–Crippen MR) is 60.6 cm³/mol. The molecule has 1 aromatic carbocycles. The summed E-state index contributed by atoms with van der Waals surface area (Å²) >= 11 is 0. The maximum atomic E-state index is 5.36. The van der Waals surface area contributed by atoms with Crippen molar-refractivity contribution in [2.45, 2.75) is 13.5 Å². The Morgan fingerprint density at radius 2 is 2.00 bits per heavy atom. The molecule has 0 atom stereocenters. The Kier molecular flexibility index (Phi) is 3.31. The van der Waals surface area contributed by atoms with Crippen LogP contribution in [0.25, 0.3) is 0 Å². The van der Waals surface area contributed by atoms with Gasteiger partial charge in [0.15, 0.2) is 11.5 Å². The second-order valence-corrected chi connectivity index (χ2v) is 4.06. The lowest BCUT2D eigenvalue weighted by molar-refractivity contribution is 0.0770. The molecule has 0 aliphatic carbocycles. The molecule has 1 aromatic rings. The van der Waals surface area contributed by atoms with Crippen LogP contribution < -0.4 is 9.47 Å². The third kappa shape index (κ3) is 2.28. The summed E-state index contributed by atoms with van der Waals surface area (Å²) in [6.45, 7) is 3.87. The first-order valence-corrected chi connectivity index (χ1v) is 5.27. The quantitative estimate of drug-likeness (QED) is 0.728. The van der Waals surface area contributed by atoms with Crippen LogP contribution in [0.2, 0.25) is 0 Å². The Hall–Kier alpha value is -1.26. The fourth-order valence-electron chi connectivity index (χ4n) is 1.81. The predicted octanol–water partition coefficient (Wildman–Crippen LogP) is 1.76. The van der Waals surface area contributed by atoms with Gasteiger partial charge in [-0.25, -0.2) is 0 Å². The number of ether oxygens (including phenoxy) is 3. The molecule has 2 rings (SSSR count). The third-order valence-corrected chi connectivity index (χ3v) is 2.62. The molecule has 0 saturated carbocycles. The largest absolute Gasteiger partial charge is 0.454 e. The highest BCUT2D eigenvalue weighted by atomic mass is 16.7. The van der Waals surface area contributed by atoms with Gasteiger partial charge < -0.3 is 14.2 Å². The van der Waals surface area contributed by atoms with Crippen LogP contribution in [0.5, 0.6) is 11.5 Å². The summed E-state index contributed by atoms with van der Waals surface area (Å²) in [6, 6.07) is 4.07. The second kappa shape index (κ2) is 4.72. The fraction of sp³-hybridized carbons (Fsp3) is 0.500. The molecular formula is C12H17NO3. The van der Waals surface area contributed by atoms with E-state index in [1.165, 1.54) is 11.1 Å². The molecule has 0 fully saturated rings. The van der Waals surface area contributed by atoms with Gasteiger partial charge in [0.05, 0.1) is 6.73 Å². The van der Waals surface area contributed by atoms with E-state index in [-0.39, 0.29) is 0 Å². The summed E-state index contributed by atoms with van der Waals surface area (Å²) in [7, 11) is 3.72. The summed E-state index contributed by atoms with van der Waals surface area (Å²) in [5.74, 6) is 1.68. The maximum absolute atomic E-state index is 5.36. The van der Waals surface area contributed by atoms with Gasteiger partial charge in [-0.3, -0.25) is 4.90 Å². The molecule has 0 spiro atoms. The first-order valence-electron chi connectivity index (χ1n) is 5.27. The van der Waals surface area contributed by atoms with Crippen LogP contribution >= 0.6 is 0 Å². The average Bonchev–Trinajstić information content (AvgIpc) is 2.65. The summed E-state index contributed by atoms with van der Waals surface area (Å²) in [5.41, 5.74) is 2.45. The lowest BCUT2D eigenvalue weighted by Crippen LogP contribution is -2.20. The van der Waals surface area contributed by atoms with E-state index < -0.39 is 0 Å². The van der Waals surface area contributed by atoms with Crippen molar-refractivity contribution in [1.82, 2.24) is 4.90 Å². The van der Waals surface area contributed by atoms with Crippen LogP contribution in [0.1, 0.15) is 11.1 Å². The molecule has 1 heterocycles. The molecule has 0 bridgehead atoms. The lowest BCUT2D eigenvalue weighted by atomic mass is 10.1. The molecular weight excluding hydrogens is 206 g/mol. The minimum Gasteiger partial charge on any atom is -0.454 e. The van der Waals surface area contributed by atoms with Gasteiger partial charge in [0.25, 0.3) is 0 Å². The molecule has 0 N–H and O–H groups in total. The lowest BCUT2D eigenvalue weighted by Gasteiger charge is -2.17. The molecule has 1 aliphatic heterocycles. The first kappa shape index (κ1) is 11.2. The normalized spacial score (nSPS) is 13.5. The van der Waals surface area contributed by atoms with Gasteiger partial charge in [0.1, 0.15) is 0 Å². The number of aryl methyl sites for hydroxylation is 1. The number of nitrogens with zero attached hydrogens (tertiary/aromatic N) is 1. The van der Waals surface area contributed by atoms with Gasteiger partial charge in [-0.2, -0.15) is 0 Å². The van der Waals surface area contributed by atoms with Crippen LogP contribution in [0.15, 0.2) is 12.1 Å². The van der Waals surface area contributed by atoms with Crippen molar-refractivity contribution in [3.63, 3.8) is 0 Å². The molecule has 0 unspecified atom stereocenters. The Labute approximate surface area is 95.7 Å². The maximum Gasteiger partial charge on any atom is 0.231 e. The molecule has 1 aliphatic rings. The number of hydrogen-bond donors (Lipinski definition) is 0. The van der Waals surface area contributed by atoms with E-state index >= 15 is 0 Å². The highest BCUT2D eigenvalue weighted by Gasteiger charge is 2.16. The Bertz CT molecular complexity index is 379. The molecule has 4 heteroatoms. The fourth-order valence-corrected chi connectivity index (χ4v) is 1.81. The average molecular weight is 223 g/mol. The van der Waals surface area contributed by atoms with E-state index in [0.29, 0.717) is 13.5 Å². The Morgan fingerprint density at radius 1 is 1.31 bits per heavy atom. The van der Waals surface area contributed by atoms with E-state index in [1.54, 1.807) is 7.11 Å². The van der Waals surface area contributed by atoms with E-state index in [9.17, 15) is 0 Å². The van der Waals surface area contributed by atoms with Crippen LogP contribution in [0, 0.1) is 6.92 Å². The van der Waals surface area contributed by atoms with Gasteiger partial charge in [-0.05, 0) is 37.2 Å². The van der Waals surface area contributed by atoms with E-state index in [2.05, 4.69) is 11.8 Å². The zero-order valence-electron chi connectivity index (χ0n) is 9.95. The van der Waals surface area contributed by atoms with E-state index in [1.807, 2.05) is 19.2 Å². The van der Waals surface area contributed by atoms with Crippen LogP contribution in [0.4, 0.5) is 0 Å². The molecule has 0 saturated heterocycles. The Balaban J connectivity index is 2.15. The molecule has 0 radical (unpaired) electrons. The summed E-state index contributed by atoms with van der Waals surface area (Å²) in [6.07, 6.45) is 0. The summed E-state index contributed by atoms with van der Waals surface area (Å²) < 4.78 is 15.8. The van der Waals surface area contributed by atoms with E-state index in [4.69, 9.17) is 14.2 Å². The second-order valence-electron chi connectivity index (χ2n) is 4.06. The smallest absolute Gasteiger partial charge is 0.231 e. The first-order chi connectivity index (χ1) is 7.70. The molecule has 4 nitrogen and oxygen atoms in total. The van der Waals surface area contributed by atoms with Gasteiger partial charge >= 0.3 is 0 Å². The number of fused-ring (bicyclic) bond motifs is 1. The van der Waals surface area contributed by atoms with Crippen molar-refractivity contribution in [2.24, 2.45) is 0 Å². The van der Waals surface area contributed by atoms with Gasteiger partial charge in [-0.15, -0.1) is 0 Å². The van der Waals surface area contributed by atoms with Crippen LogP contribution in [-0.4, -0.2) is 32.6 Å². The molecule has 88 valence electrons. The van der Waals surface area contributed by atoms with Gasteiger partial charge in [0.2, 0.25) is 6.79 Å². The van der Waals surface area contributed by atoms with Crippen LogP contribution in [-0.2, 0) is 11.3 Å². The molecule has 0 aromatic heterocycles. The van der Waals surface area contributed by atoms with Crippen molar-refractivity contribution >= 4 is 0 Å². The van der Waals surface area contributed by atoms with Crippen molar-refractivity contribution < 1.29 is 14.2 Å². The van der Waals surface area contributed by atoms with Crippen molar-refractivity contribution in [1.29, 1.82) is 0 Å². The SMILES string of the molecule is COCN(C)Cc1cc2c(cc1C)OCO2. The Morgan fingerprint density at radius 3 is 2.69 bits per heavy atom. The molecule has 0 amide bonds. The zero-order chi connectivity index (χ0) is 11.5. The van der Waals surface area contributed by atoms with Crippen molar-refractivity contribution in [2.75, 3.05) is 27.7 Å². The zero-order valence-corrected chi connectivity index (χ0v) is 9.95. The van der Waals surface area contributed by atoms with Gasteiger partial charge in [0, 0.05) is 13.7 Å². The minimum absolute atomic E-state index is 0.326. The van der Waals surface area contributed by atoms with Crippen molar-refractivity contribution in [3.05, 3.63) is 23.3 Å². The standard InChI is InChI=1S/C12H17NO3/c1-9-4-11-12(16-8-15-11)5-10(9)6-13(2)7-14-3/h4-5H,6-8H2,1-3H3. The highest BCUT2D eigenvalue weighted by Crippen LogP contribution is 2.34. The topological polar surface area (TPSA) is 30.9 Å². The highest BCUT2D eigenvalue weighted by molar-refractivity contribution is 5.48. The molecule has 16 heavy (non-hydrogen) atoms. The van der Waals surface area contributed by atoms with Crippen LogP contribution in [0.3, 0.4) is 0 Å². The number of hydrogen-bond acceptors (Lipinski definition) is 4. The monoisotopic (exact) mass is 223 g/mol. The van der Waals surface area contributed by atoms with Crippen molar-refractivity contribution in [3.8, 4) is 11.5 Å². The van der Waals surface area contributed by atoms with Gasteiger partial charge in [-0.1, -0.05) is 0 Å².